The molecule has 0 heterocycles. The fourth-order valence-corrected chi connectivity index (χ4v) is 7.43. The zero-order valence-corrected chi connectivity index (χ0v) is 39.3. The quantitative estimate of drug-likeness (QED) is 0.123. The van der Waals surface area contributed by atoms with Gasteiger partial charge < -0.3 is 24.8 Å². The Morgan fingerprint density at radius 2 is 1.10 bits per heavy atom. The zero-order valence-electron chi connectivity index (χ0n) is 35.3. The Balaban J connectivity index is 0.000000305. The van der Waals surface area contributed by atoms with E-state index in [1.54, 1.807) is 0 Å². The number of hydrogen-bond donors (Lipinski definition) is 0. The molecule has 1 aliphatic rings. The van der Waals surface area contributed by atoms with E-state index in [2.05, 4.69) is 125 Å². The van der Waals surface area contributed by atoms with E-state index in [9.17, 15) is 26.3 Å². The summed E-state index contributed by atoms with van der Waals surface area (Å²) in [5, 5.41) is 0. The number of fused-ring (bicyclic) bond motifs is 3. The average Bonchev–Trinajstić information content (AvgIpc) is 3.72. The van der Waals surface area contributed by atoms with Crippen LogP contribution in [0.2, 0.25) is 0 Å². The Labute approximate surface area is 369 Å². The van der Waals surface area contributed by atoms with Gasteiger partial charge in [-0.25, -0.2) is 6.07 Å². The van der Waals surface area contributed by atoms with Crippen LogP contribution in [0.3, 0.4) is 0 Å². The van der Waals surface area contributed by atoms with Gasteiger partial charge in [-0.3, -0.25) is 0 Å². The third-order valence-electron chi connectivity index (χ3n) is 10.1. The SMILES string of the molecule is CC(C)(C)c1c[c-]c2c(c1)-c1cc(C(C)(C)C)ccc1C2.CCc1cc(C(C)(C)C)c(CC)[cH-]1.FC(F)(F)c1cccc([C](=[Zr+2])c2cccc(C(F)(F)F)c2)c1.[Cl-].[Cl-]. The van der Waals surface area contributed by atoms with Crippen molar-refractivity contribution in [3.05, 3.63) is 158 Å². The minimum atomic E-state index is -4.49. The molecule has 5 aromatic rings. The Bertz CT molecular complexity index is 2030. The maximum atomic E-state index is 12.7. The zero-order chi connectivity index (χ0) is 42.0. The van der Waals surface area contributed by atoms with Crippen molar-refractivity contribution >= 4 is 3.21 Å². The van der Waals surface area contributed by atoms with Gasteiger partial charge in [0.25, 0.3) is 0 Å². The summed E-state index contributed by atoms with van der Waals surface area (Å²) in [7, 11) is 0. The van der Waals surface area contributed by atoms with Gasteiger partial charge in [0.2, 0.25) is 0 Å². The molecule has 1 aliphatic carbocycles. The molecule has 0 saturated carbocycles. The molecule has 0 amide bonds. The van der Waals surface area contributed by atoms with Crippen molar-refractivity contribution in [2.24, 2.45) is 0 Å². The van der Waals surface area contributed by atoms with Crippen molar-refractivity contribution in [1.82, 2.24) is 0 Å². The van der Waals surface area contributed by atoms with E-state index in [0.29, 0.717) is 8.62 Å². The molecule has 0 nitrogen and oxygen atoms in total. The Kier molecular flexibility index (Phi) is 17.4. The van der Waals surface area contributed by atoms with Crippen LogP contribution in [0, 0.1) is 6.07 Å². The minimum absolute atomic E-state index is 0. The second-order valence-corrected chi connectivity index (χ2v) is 18.9. The van der Waals surface area contributed by atoms with Crippen molar-refractivity contribution in [1.29, 1.82) is 0 Å². The van der Waals surface area contributed by atoms with E-state index in [1.165, 1.54) is 74.3 Å². The standard InChI is InChI=1S/C21H25.C15H8F6.C13H21.2ClH.Zr/c1-20(2,3)16-9-7-14-11-15-8-10-17(21(4,5)6)13-19(15)18(14)12-16;16-14(17,18)12-5-1-3-10(8-12)7-11-4-2-6-13(9-11)15(19,20)21;1-6-10-8-11(7-2)12(9-10)13(3,4)5;;;/h7,9-10,12-13H,11H2,1-6H3;1-6,8-9H;8-9H,6-7H2,1-5H3;2*1H;/q-1;;-1;;;+2/p-2. The Morgan fingerprint density at radius 3 is 1.52 bits per heavy atom. The van der Waals surface area contributed by atoms with Crippen LogP contribution in [0.5, 0.6) is 0 Å². The third kappa shape index (κ3) is 13.1. The molecular formula is C49H54Cl2F6Zr-2. The second-order valence-electron chi connectivity index (χ2n) is 17.6. The molecule has 0 atom stereocenters. The van der Waals surface area contributed by atoms with Crippen LogP contribution in [0.15, 0.2) is 91.0 Å². The van der Waals surface area contributed by atoms with Gasteiger partial charge in [-0.05, 0) is 17.4 Å². The number of rotatable bonds is 4. The van der Waals surface area contributed by atoms with Gasteiger partial charge >= 0.3 is 137 Å². The van der Waals surface area contributed by atoms with E-state index in [4.69, 9.17) is 0 Å². The third-order valence-corrected chi connectivity index (χ3v) is 11.5. The van der Waals surface area contributed by atoms with Gasteiger partial charge in [0.1, 0.15) is 0 Å². The largest absolute Gasteiger partial charge is 1.00 e. The van der Waals surface area contributed by atoms with E-state index in [0.717, 1.165) is 67.8 Å². The number of aryl methyl sites for hydroxylation is 2. The topological polar surface area (TPSA) is 0 Å². The van der Waals surface area contributed by atoms with Crippen LogP contribution < -0.4 is 24.8 Å². The maximum Gasteiger partial charge on any atom is -1.00 e. The van der Waals surface area contributed by atoms with Crippen molar-refractivity contribution in [2.75, 3.05) is 0 Å². The molecule has 0 saturated heterocycles. The summed E-state index contributed by atoms with van der Waals surface area (Å²) in [5.41, 5.74) is 12.5. The van der Waals surface area contributed by atoms with E-state index in [1.807, 2.05) is 0 Å². The van der Waals surface area contributed by atoms with Crippen LogP contribution in [0.25, 0.3) is 11.1 Å². The monoisotopic (exact) mass is 916 g/mol. The van der Waals surface area contributed by atoms with Gasteiger partial charge in [-0.1, -0.05) is 129 Å². The molecule has 6 rings (SSSR count). The second kappa shape index (κ2) is 19.7. The first-order valence-corrected chi connectivity index (χ1v) is 20.4. The van der Waals surface area contributed by atoms with Gasteiger partial charge in [0.15, 0.2) is 0 Å². The summed E-state index contributed by atoms with van der Waals surface area (Å²) in [6, 6.07) is 29.0. The summed E-state index contributed by atoms with van der Waals surface area (Å²) in [5.74, 6) is 0. The van der Waals surface area contributed by atoms with Crippen LogP contribution in [0.4, 0.5) is 26.3 Å². The molecule has 9 heteroatoms. The molecule has 0 fully saturated rings. The van der Waals surface area contributed by atoms with Crippen LogP contribution >= 0.6 is 0 Å². The fraction of sp³-hybridized carbons (Fsp3) is 0.388. The average molecular weight is 919 g/mol. The molecule has 0 aliphatic heterocycles. The number of alkyl halides is 6. The van der Waals surface area contributed by atoms with E-state index >= 15 is 0 Å². The first-order chi connectivity index (χ1) is 25.7. The molecule has 0 spiro atoms. The molecular weight excluding hydrogens is 865 g/mol. The number of benzene rings is 4. The van der Waals surface area contributed by atoms with E-state index in [-0.39, 0.29) is 46.8 Å². The molecule has 58 heavy (non-hydrogen) atoms. The molecule has 0 bridgehead atoms. The van der Waals surface area contributed by atoms with Gasteiger partial charge in [0.05, 0.1) is 0 Å². The normalized spacial score (nSPS) is 12.5. The van der Waals surface area contributed by atoms with Gasteiger partial charge in [0, 0.05) is 0 Å². The number of halogens is 8. The van der Waals surface area contributed by atoms with Crippen LogP contribution in [-0.4, -0.2) is 3.21 Å². The Morgan fingerprint density at radius 1 is 0.603 bits per heavy atom. The van der Waals surface area contributed by atoms with Crippen molar-refractivity contribution in [2.45, 2.75) is 124 Å². The summed E-state index contributed by atoms with van der Waals surface area (Å²) in [4.78, 5) is 0. The molecule has 0 aromatic heterocycles. The minimum Gasteiger partial charge on any atom is -1.00 e. The molecule has 312 valence electrons. The fourth-order valence-electron chi connectivity index (χ4n) is 6.67. The first-order valence-electron chi connectivity index (χ1n) is 19.2. The van der Waals surface area contributed by atoms with Crippen LogP contribution in [0.1, 0.15) is 137 Å². The van der Waals surface area contributed by atoms with Crippen LogP contribution in [-0.2, 0) is 72.1 Å². The molecule has 0 radical (unpaired) electrons. The predicted molar refractivity (Wildman–Crippen MR) is 217 cm³/mol. The van der Waals surface area contributed by atoms with Gasteiger partial charge in [-0.2, -0.15) is 52.1 Å². The summed E-state index contributed by atoms with van der Waals surface area (Å²) in [6.07, 6.45) is -5.63. The number of hydrogen-bond acceptors (Lipinski definition) is 0. The van der Waals surface area contributed by atoms with Crippen molar-refractivity contribution < 1.29 is 75.4 Å². The molecule has 0 N–H and O–H groups in total. The van der Waals surface area contributed by atoms with Crippen molar-refractivity contribution in [3.8, 4) is 11.1 Å². The van der Waals surface area contributed by atoms with Crippen molar-refractivity contribution in [3.63, 3.8) is 0 Å². The Hall–Kier alpha value is -2.86. The smallest absolute Gasteiger partial charge is 1.00 e. The summed E-state index contributed by atoms with van der Waals surface area (Å²) >= 11 is 0.729. The van der Waals surface area contributed by atoms with Gasteiger partial charge in [-0.15, -0.1) is 5.56 Å². The molecule has 0 unspecified atom stereocenters. The summed E-state index contributed by atoms with van der Waals surface area (Å²) in [6.45, 7) is 25.0. The maximum absolute atomic E-state index is 12.7. The predicted octanol–water partition coefficient (Wildman–Crippen LogP) is 8.33. The molecule has 5 aromatic carbocycles. The summed E-state index contributed by atoms with van der Waals surface area (Å²) < 4.78 is 76.7. The van der Waals surface area contributed by atoms with E-state index < -0.39 is 23.5 Å². The first kappa shape index (κ1) is 51.3.